The Bertz CT molecular complexity index is 418. The second kappa shape index (κ2) is 3.07. The molecule has 0 aromatic carbocycles. The van der Waals surface area contributed by atoms with Gasteiger partial charge in [-0.2, -0.15) is 0 Å². The zero-order valence-corrected chi connectivity index (χ0v) is 10.0. The van der Waals surface area contributed by atoms with Crippen LogP contribution < -0.4 is 0 Å². The van der Waals surface area contributed by atoms with Gasteiger partial charge in [-0.05, 0) is 55.9 Å². The lowest BCUT2D eigenvalue weighted by Crippen LogP contribution is -2.48. The van der Waals surface area contributed by atoms with Crippen molar-refractivity contribution in [2.45, 2.75) is 45.1 Å². The largest absolute Gasteiger partial charge is 0.366 e. The van der Waals surface area contributed by atoms with Gasteiger partial charge in [0.25, 0.3) is 0 Å². The summed E-state index contributed by atoms with van der Waals surface area (Å²) >= 11 is 0. The molecular formula is C14H18O2. The molecule has 0 radical (unpaired) electrons. The van der Waals surface area contributed by atoms with Crippen LogP contribution >= 0.6 is 0 Å². The minimum absolute atomic E-state index is 0.167. The molecule has 16 heavy (non-hydrogen) atoms. The first-order valence-corrected chi connectivity index (χ1v) is 6.17. The Morgan fingerprint density at radius 2 is 2.19 bits per heavy atom. The average Bonchev–Trinajstić information content (AvgIpc) is 2.60. The van der Waals surface area contributed by atoms with Gasteiger partial charge in [-0.3, -0.25) is 4.79 Å². The fourth-order valence-corrected chi connectivity index (χ4v) is 3.68. The number of hydrogen-bond acceptors (Lipinski definition) is 2. The molecule has 2 fully saturated rings. The van der Waals surface area contributed by atoms with E-state index in [1.54, 1.807) is 6.08 Å². The van der Waals surface area contributed by atoms with Crippen LogP contribution in [0.5, 0.6) is 0 Å². The van der Waals surface area contributed by atoms with E-state index in [-0.39, 0.29) is 16.8 Å². The van der Waals surface area contributed by atoms with E-state index in [0.717, 1.165) is 25.0 Å². The second-order valence-corrected chi connectivity index (χ2v) is 5.55. The van der Waals surface area contributed by atoms with Crippen molar-refractivity contribution in [1.82, 2.24) is 0 Å². The van der Waals surface area contributed by atoms with Crippen molar-refractivity contribution in [2.75, 3.05) is 6.61 Å². The topological polar surface area (TPSA) is 26.3 Å². The van der Waals surface area contributed by atoms with Crippen molar-refractivity contribution >= 4 is 5.78 Å². The summed E-state index contributed by atoms with van der Waals surface area (Å²) in [5.41, 5.74) is 2.14. The summed E-state index contributed by atoms with van der Waals surface area (Å²) in [5, 5.41) is 0. The SMILES string of the molecule is CC1=C2CCC[C@]3(C)CCO[C@]23C=CC1=O. The third kappa shape index (κ3) is 1.03. The molecule has 2 nitrogen and oxygen atoms in total. The van der Waals surface area contributed by atoms with Gasteiger partial charge in [0.1, 0.15) is 5.60 Å². The standard InChI is InChI=1S/C14H18O2/c1-10-11-4-3-6-13(2)8-9-16-14(11,13)7-5-12(10)15/h5,7H,3-4,6,8-9H2,1-2H3/t13-,14-/m1/s1. The number of ether oxygens (including phenoxy) is 1. The average molecular weight is 218 g/mol. The van der Waals surface area contributed by atoms with E-state index >= 15 is 0 Å². The summed E-state index contributed by atoms with van der Waals surface area (Å²) in [6.07, 6.45) is 8.29. The third-order valence-corrected chi connectivity index (χ3v) is 4.78. The highest BCUT2D eigenvalue weighted by molar-refractivity contribution is 6.05. The minimum Gasteiger partial charge on any atom is -0.366 e. The minimum atomic E-state index is -0.247. The Morgan fingerprint density at radius 1 is 1.38 bits per heavy atom. The zero-order valence-electron chi connectivity index (χ0n) is 10.0. The maximum Gasteiger partial charge on any atom is 0.181 e. The molecule has 3 rings (SSSR count). The Hall–Kier alpha value is -0.890. The van der Waals surface area contributed by atoms with Gasteiger partial charge in [-0.1, -0.05) is 6.92 Å². The molecule has 0 unspecified atom stereocenters. The molecule has 86 valence electrons. The van der Waals surface area contributed by atoms with Crippen LogP contribution in [0, 0.1) is 5.41 Å². The van der Waals surface area contributed by atoms with Crippen LogP contribution in [0.1, 0.15) is 39.5 Å². The Morgan fingerprint density at radius 3 is 3.00 bits per heavy atom. The van der Waals surface area contributed by atoms with Gasteiger partial charge >= 0.3 is 0 Å². The number of carbonyl (C=O) groups is 1. The normalized spacial score (nSPS) is 42.2. The van der Waals surface area contributed by atoms with Crippen molar-refractivity contribution in [3.8, 4) is 0 Å². The lowest BCUT2D eigenvalue weighted by molar-refractivity contribution is -0.112. The number of carbonyl (C=O) groups excluding carboxylic acids is 1. The van der Waals surface area contributed by atoms with Crippen molar-refractivity contribution in [1.29, 1.82) is 0 Å². The van der Waals surface area contributed by atoms with Gasteiger partial charge in [-0.15, -0.1) is 0 Å². The first kappa shape index (κ1) is 10.3. The number of ketones is 1. The van der Waals surface area contributed by atoms with E-state index in [1.165, 1.54) is 18.4 Å². The van der Waals surface area contributed by atoms with Gasteiger partial charge < -0.3 is 4.74 Å². The summed E-state index contributed by atoms with van der Waals surface area (Å²) in [4.78, 5) is 11.7. The Balaban J connectivity index is 2.19. The first-order valence-electron chi connectivity index (χ1n) is 6.17. The van der Waals surface area contributed by atoms with Gasteiger partial charge in [0.2, 0.25) is 0 Å². The molecule has 1 heterocycles. The molecule has 1 aliphatic heterocycles. The fourth-order valence-electron chi connectivity index (χ4n) is 3.68. The predicted octanol–water partition coefficient (Wildman–Crippen LogP) is 2.79. The van der Waals surface area contributed by atoms with E-state index in [0.29, 0.717) is 0 Å². The predicted molar refractivity (Wildman–Crippen MR) is 62.1 cm³/mol. The lowest BCUT2D eigenvalue weighted by atomic mass is 9.59. The molecule has 2 aliphatic carbocycles. The van der Waals surface area contributed by atoms with Gasteiger partial charge in [0.15, 0.2) is 5.78 Å². The van der Waals surface area contributed by atoms with Crippen LogP contribution in [-0.2, 0) is 9.53 Å². The van der Waals surface area contributed by atoms with E-state index in [2.05, 4.69) is 6.92 Å². The van der Waals surface area contributed by atoms with Crippen LogP contribution in [0.25, 0.3) is 0 Å². The van der Waals surface area contributed by atoms with Crippen molar-refractivity contribution in [3.63, 3.8) is 0 Å². The maximum atomic E-state index is 11.7. The van der Waals surface area contributed by atoms with Crippen molar-refractivity contribution in [3.05, 3.63) is 23.3 Å². The Kier molecular flexibility index (Phi) is 1.97. The number of hydrogen-bond donors (Lipinski definition) is 0. The number of allylic oxidation sites excluding steroid dienone is 2. The molecule has 1 saturated carbocycles. The molecule has 2 atom stereocenters. The molecule has 0 aromatic heterocycles. The highest BCUT2D eigenvalue weighted by Crippen LogP contribution is 2.57. The smallest absolute Gasteiger partial charge is 0.181 e. The zero-order chi connectivity index (χ0) is 11.4. The monoisotopic (exact) mass is 218 g/mol. The van der Waals surface area contributed by atoms with E-state index in [1.807, 2.05) is 13.0 Å². The lowest BCUT2D eigenvalue weighted by Gasteiger charge is -2.48. The maximum absolute atomic E-state index is 11.7. The quantitative estimate of drug-likeness (QED) is 0.625. The fraction of sp³-hybridized carbons (Fsp3) is 0.643. The van der Waals surface area contributed by atoms with Crippen LogP contribution in [0.15, 0.2) is 23.3 Å². The molecule has 3 aliphatic rings. The Labute approximate surface area is 96.4 Å². The van der Waals surface area contributed by atoms with E-state index in [9.17, 15) is 4.79 Å². The molecule has 0 N–H and O–H groups in total. The van der Waals surface area contributed by atoms with Gasteiger partial charge in [0.05, 0.1) is 0 Å². The molecule has 2 heteroatoms. The van der Waals surface area contributed by atoms with Crippen molar-refractivity contribution in [2.24, 2.45) is 5.41 Å². The molecule has 0 aromatic rings. The third-order valence-electron chi connectivity index (χ3n) is 4.78. The first-order chi connectivity index (χ1) is 7.59. The molecule has 0 bridgehead atoms. The highest BCUT2D eigenvalue weighted by Gasteiger charge is 2.57. The van der Waals surface area contributed by atoms with Gasteiger partial charge in [0, 0.05) is 12.0 Å². The summed E-state index contributed by atoms with van der Waals surface area (Å²) < 4.78 is 6.07. The van der Waals surface area contributed by atoms with Crippen LogP contribution in [0.3, 0.4) is 0 Å². The summed E-state index contributed by atoms with van der Waals surface area (Å²) in [6, 6.07) is 0. The highest BCUT2D eigenvalue weighted by atomic mass is 16.5. The summed E-state index contributed by atoms with van der Waals surface area (Å²) in [6.45, 7) is 5.09. The molecule has 1 spiro atoms. The molecule has 1 saturated heterocycles. The van der Waals surface area contributed by atoms with E-state index < -0.39 is 0 Å². The molecular weight excluding hydrogens is 200 g/mol. The van der Waals surface area contributed by atoms with Crippen LogP contribution in [0.2, 0.25) is 0 Å². The summed E-state index contributed by atoms with van der Waals surface area (Å²) in [5.74, 6) is 0.167. The number of rotatable bonds is 0. The molecule has 0 amide bonds. The van der Waals surface area contributed by atoms with Crippen LogP contribution in [0.4, 0.5) is 0 Å². The van der Waals surface area contributed by atoms with Crippen molar-refractivity contribution < 1.29 is 9.53 Å². The van der Waals surface area contributed by atoms with Crippen LogP contribution in [-0.4, -0.2) is 18.0 Å². The van der Waals surface area contributed by atoms with E-state index in [4.69, 9.17) is 4.74 Å². The van der Waals surface area contributed by atoms with Gasteiger partial charge in [-0.25, -0.2) is 0 Å². The second-order valence-electron chi connectivity index (χ2n) is 5.55. The summed E-state index contributed by atoms with van der Waals surface area (Å²) in [7, 11) is 0.